The molecule has 2 rings (SSSR count). The van der Waals surface area contributed by atoms with Crippen molar-refractivity contribution < 1.29 is 0 Å². The van der Waals surface area contributed by atoms with Gasteiger partial charge in [-0.3, -0.25) is 4.90 Å². The van der Waals surface area contributed by atoms with Gasteiger partial charge in [-0.1, -0.05) is 12.1 Å². The maximum atomic E-state index is 3.30. The zero-order valence-electron chi connectivity index (χ0n) is 10.9. The molecule has 1 aliphatic rings. The van der Waals surface area contributed by atoms with Crippen molar-refractivity contribution in [1.82, 2.24) is 10.2 Å². The lowest BCUT2D eigenvalue weighted by atomic mass is 9.97. The molecule has 0 amide bonds. The van der Waals surface area contributed by atoms with E-state index in [1.807, 2.05) is 0 Å². The maximum Gasteiger partial charge on any atom is 0.0233 e. The Balaban J connectivity index is 0.00000162. The highest BCUT2D eigenvalue weighted by molar-refractivity contribution is 14.1. The Bertz CT molecular complexity index is 340. The van der Waals surface area contributed by atoms with Gasteiger partial charge in [-0.15, -0.1) is 12.4 Å². The van der Waals surface area contributed by atoms with Crippen LogP contribution in [0.2, 0.25) is 0 Å². The highest BCUT2D eigenvalue weighted by Crippen LogP contribution is 2.18. The highest BCUT2D eigenvalue weighted by Gasteiger charge is 2.18. The Morgan fingerprint density at radius 3 is 2.72 bits per heavy atom. The van der Waals surface area contributed by atoms with Gasteiger partial charge < -0.3 is 5.32 Å². The molecule has 18 heavy (non-hydrogen) atoms. The molecule has 1 saturated heterocycles. The number of nitrogens with one attached hydrogen (secondary N) is 1. The van der Waals surface area contributed by atoms with Crippen LogP contribution < -0.4 is 5.32 Å². The van der Waals surface area contributed by atoms with E-state index in [1.165, 1.54) is 35.1 Å². The minimum Gasteiger partial charge on any atom is -0.319 e. The number of nitrogens with zero attached hydrogens (tertiary/aromatic N) is 1. The second-order valence-corrected chi connectivity index (χ2v) is 6.17. The van der Waals surface area contributed by atoms with Gasteiger partial charge in [0.25, 0.3) is 0 Å². The first kappa shape index (κ1) is 16.2. The number of rotatable bonds is 4. The van der Waals surface area contributed by atoms with E-state index in [1.54, 1.807) is 0 Å². The smallest absolute Gasteiger partial charge is 0.0233 e. The molecule has 2 nitrogen and oxygen atoms in total. The van der Waals surface area contributed by atoms with Crippen LogP contribution >= 0.6 is 35.0 Å². The fourth-order valence-corrected chi connectivity index (χ4v) is 2.96. The number of halogens is 2. The SMILES string of the molecule is CNCC1CCCN(Cc2ccc(I)cc2)C1.Cl. The molecule has 1 unspecified atom stereocenters. The summed E-state index contributed by atoms with van der Waals surface area (Å²) in [6.07, 6.45) is 2.72. The van der Waals surface area contributed by atoms with Gasteiger partial charge in [0.05, 0.1) is 0 Å². The van der Waals surface area contributed by atoms with Gasteiger partial charge in [0.2, 0.25) is 0 Å². The van der Waals surface area contributed by atoms with Crippen molar-refractivity contribution in [1.29, 1.82) is 0 Å². The molecule has 1 aromatic carbocycles. The first-order valence-corrected chi connectivity index (χ1v) is 7.47. The standard InChI is InChI=1S/C14H21IN2.ClH/c1-16-9-13-3-2-8-17(11-13)10-12-4-6-14(15)7-5-12;/h4-7,13,16H,2-3,8-11H2,1H3;1H. The summed E-state index contributed by atoms with van der Waals surface area (Å²) in [7, 11) is 2.05. The van der Waals surface area contributed by atoms with Crippen molar-refractivity contribution in [2.45, 2.75) is 19.4 Å². The van der Waals surface area contributed by atoms with Crippen LogP contribution in [0.5, 0.6) is 0 Å². The van der Waals surface area contributed by atoms with E-state index in [9.17, 15) is 0 Å². The maximum absolute atomic E-state index is 3.30. The highest BCUT2D eigenvalue weighted by atomic mass is 127. The first-order chi connectivity index (χ1) is 8.28. The van der Waals surface area contributed by atoms with Crippen LogP contribution in [-0.4, -0.2) is 31.6 Å². The number of likely N-dealkylation sites (tertiary alicyclic amines) is 1. The Morgan fingerprint density at radius 1 is 1.33 bits per heavy atom. The fourth-order valence-electron chi connectivity index (χ4n) is 2.60. The molecule has 0 spiro atoms. The zero-order valence-corrected chi connectivity index (χ0v) is 13.8. The molecular weight excluding hydrogens is 359 g/mol. The monoisotopic (exact) mass is 380 g/mol. The number of hydrogen-bond donors (Lipinski definition) is 1. The lowest BCUT2D eigenvalue weighted by Gasteiger charge is -2.32. The second kappa shape index (κ2) is 8.35. The third-order valence-corrected chi connectivity index (χ3v) is 4.13. The molecule has 1 N–H and O–H groups in total. The number of piperidine rings is 1. The van der Waals surface area contributed by atoms with Gasteiger partial charge in [-0.25, -0.2) is 0 Å². The fraction of sp³-hybridized carbons (Fsp3) is 0.571. The average molecular weight is 381 g/mol. The molecule has 1 aliphatic heterocycles. The van der Waals surface area contributed by atoms with Crippen LogP contribution in [0.3, 0.4) is 0 Å². The van der Waals surface area contributed by atoms with Crippen molar-refractivity contribution in [3.05, 3.63) is 33.4 Å². The Kier molecular flexibility index (Phi) is 7.53. The van der Waals surface area contributed by atoms with E-state index in [0.717, 1.165) is 19.0 Å². The summed E-state index contributed by atoms with van der Waals surface area (Å²) < 4.78 is 1.32. The molecule has 0 aromatic heterocycles. The predicted octanol–water partition coefficient (Wildman–Crippen LogP) is 3.14. The van der Waals surface area contributed by atoms with Gasteiger partial charge in [-0.05, 0) is 79.2 Å². The molecule has 1 fully saturated rings. The minimum atomic E-state index is 0. The molecule has 0 bridgehead atoms. The number of benzene rings is 1. The van der Waals surface area contributed by atoms with E-state index in [4.69, 9.17) is 0 Å². The normalized spacial score (nSPS) is 20.4. The van der Waals surface area contributed by atoms with Gasteiger partial charge >= 0.3 is 0 Å². The molecule has 0 aliphatic carbocycles. The number of hydrogen-bond acceptors (Lipinski definition) is 2. The quantitative estimate of drug-likeness (QED) is 0.807. The predicted molar refractivity (Wildman–Crippen MR) is 88.3 cm³/mol. The third-order valence-electron chi connectivity index (χ3n) is 3.42. The molecule has 102 valence electrons. The Hall–Kier alpha value is 0.160. The molecule has 1 heterocycles. The molecular formula is C14H22ClIN2. The molecule has 4 heteroatoms. The van der Waals surface area contributed by atoms with E-state index in [2.05, 4.69) is 64.1 Å². The van der Waals surface area contributed by atoms with Crippen LogP contribution in [0.1, 0.15) is 18.4 Å². The second-order valence-electron chi connectivity index (χ2n) is 4.93. The largest absolute Gasteiger partial charge is 0.319 e. The summed E-state index contributed by atoms with van der Waals surface area (Å²) in [5, 5.41) is 3.30. The first-order valence-electron chi connectivity index (χ1n) is 6.39. The van der Waals surface area contributed by atoms with Crippen molar-refractivity contribution in [3.8, 4) is 0 Å². The van der Waals surface area contributed by atoms with Gasteiger partial charge in [0.1, 0.15) is 0 Å². The lowest BCUT2D eigenvalue weighted by molar-refractivity contribution is 0.167. The molecule has 1 atom stereocenters. The summed E-state index contributed by atoms with van der Waals surface area (Å²) in [6, 6.07) is 8.91. The molecule has 1 aromatic rings. The average Bonchev–Trinajstić information content (AvgIpc) is 2.33. The van der Waals surface area contributed by atoms with Crippen LogP contribution in [0, 0.1) is 9.49 Å². The van der Waals surface area contributed by atoms with Crippen molar-refractivity contribution >= 4 is 35.0 Å². The van der Waals surface area contributed by atoms with Crippen LogP contribution in [0.25, 0.3) is 0 Å². The summed E-state index contributed by atoms with van der Waals surface area (Å²) in [5.74, 6) is 0.831. The van der Waals surface area contributed by atoms with Crippen LogP contribution in [0.15, 0.2) is 24.3 Å². The van der Waals surface area contributed by atoms with Crippen molar-refractivity contribution in [2.75, 3.05) is 26.7 Å². The van der Waals surface area contributed by atoms with Crippen molar-refractivity contribution in [2.24, 2.45) is 5.92 Å². The molecule has 0 radical (unpaired) electrons. The Labute approximate surface area is 130 Å². The summed E-state index contributed by atoms with van der Waals surface area (Å²) >= 11 is 2.36. The minimum absolute atomic E-state index is 0. The van der Waals surface area contributed by atoms with E-state index >= 15 is 0 Å². The van der Waals surface area contributed by atoms with Crippen LogP contribution in [0.4, 0.5) is 0 Å². The van der Waals surface area contributed by atoms with Gasteiger partial charge in [-0.2, -0.15) is 0 Å². The summed E-state index contributed by atoms with van der Waals surface area (Å²) in [6.45, 7) is 4.76. The van der Waals surface area contributed by atoms with Gasteiger partial charge in [0, 0.05) is 16.7 Å². The summed E-state index contributed by atoms with van der Waals surface area (Å²) in [5.41, 5.74) is 1.44. The van der Waals surface area contributed by atoms with Crippen molar-refractivity contribution in [3.63, 3.8) is 0 Å². The lowest BCUT2D eigenvalue weighted by Crippen LogP contribution is -2.38. The topological polar surface area (TPSA) is 15.3 Å². The summed E-state index contributed by atoms with van der Waals surface area (Å²) in [4.78, 5) is 2.59. The zero-order chi connectivity index (χ0) is 12.1. The molecule has 0 saturated carbocycles. The van der Waals surface area contributed by atoms with E-state index in [0.29, 0.717) is 0 Å². The van der Waals surface area contributed by atoms with Gasteiger partial charge in [0.15, 0.2) is 0 Å². The third kappa shape index (κ3) is 5.03. The van der Waals surface area contributed by atoms with E-state index < -0.39 is 0 Å². The Morgan fingerprint density at radius 2 is 2.06 bits per heavy atom. The van der Waals surface area contributed by atoms with Crippen LogP contribution in [-0.2, 0) is 6.54 Å². The van der Waals surface area contributed by atoms with E-state index in [-0.39, 0.29) is 12.4 Å².